The molecule has 23 heavy (non-hydrogen) atoms. The topological polar surface area (TPSA) is 43.4 Å². The van der Waals surface area contributed by atoms with Crippen molar-refractivity contribution >= 4 is 11.8 Å². The lowest BCUT2D eigenvalue weighted by atomic mass is 9.90. The van der Waals surface area contributed by atoms with Crippen LogP contribution in [0.5, 0.6) is 0 Å². The van der Waals surface area contributed by atoms with Gasteiger partial charge in [-0.2, -0.15) is 0 Å². The predicted octanol–water partition coefficient (Wildman–Crippen LogP) is 4.46. The van der Waals surface area contributed by atoms with E-state index in [4.69, 9.17) is 4.74 Å². The number of ether oxygens (including phenoxy) is 1. The molecule has 0 bridgehead atoms. The van der Waals surface area contributed by atoms with Crippen LogP contribution >= 0.6 is 0 Å². The lowest BCUT2D eigenvalue weighted by molar-refractivity contribution is -0.137. The van der Waals surface area contributed by atoms with Crippen LogP contribution in [0.15, 0.2) is 47.1 Å². The van der Waals surface area contributed by atoms with Gasteiger partial charge in [0.25, 0.3) is 0 Å². The second-order valence-electron chi connectivity index (χ2n) is 6.65. The summed E-state index contributed by atoms with van der Waals surface area (Å²) >= 11 is 0. The van der Waals surface area contributed by atoms with E-state index in [-0.39, 0.29) is 23.8 Å². The van der Waals surface area contributed by atoms with Gasteiger partial charge in [0.2, 0.25) is 0 Å². The molecule has 0 aromatic heterocycles. The van der Waals surface area contributed by atoms with Crippen LogP contribution in [0.4, 0.5) is 0 Å². The standard InChI is InChI=1S/C20H26O3/c1-13-6-5-7-14(2)12-19-17(16(4)20(22)23-19)10-9-15(3)18(21)11-8-13/h6,9,12,17,19H,4-5,7-8,10-11H2,1-3H3/b13-6+,14-12+,15-9-/t17-,19-/m0/s1. The number of hydrogen-bond acceptors (Lipinski definition) is 3. The zero-order chi connectivity index (χ0) is 17.0. The van der Waals surface area contributed by atoms with Crippen molar-refractivity contribution < 1.29 is 14.3 Å². The maximum absolute atomic E-state index is 12.2. The molecular weight excluding hydrogens is 288 g/mol. The second-order valence-corrected chi connectivity index (χ2v) is 6.65. The Morgan fingerprint density at radius 3 is 2.52 bits per heavy atom. The van der Waals surface area contributed by atoms with Crippen LogP contribution < -0.4 is 0 Å². The third-order valence-corrected chi connectivity index (χ3v) is 4.69. The van der Waals surface area contributed by atoms with Crippen molar-refractivity contribution in [2.75, 3.05) is 0 Å². The van der Waals surface area contributed by atoms with Crippen LogP contribution in [-0.4, -0.2) is 17.9 Å². The molecule has 1 fully saturated rings. The summed E-state index contributed by atoms with van der Waals surface area (Å²) in [6, 6.07) is 0. The number of Topliss-reactive ketones (excluding diaryl/α,β-unsaturated/α-hetero) is 1. The van der Waals surface area contributed by atoms with Gasteiger partial charge in [-0.05, 0) is 58.1 Å². The molecule has 2 atom stereocenters. The summed E-state index contributed by atoms with van der Waals surface area (Å²) in [5.41, 5.74) is 3.76. The van der Waals surface area contributed by atoms with Crippen LogP contribution in [-0.2, 0) is 14.3 Å². The quantitative estimate of drug-likeness (QED) is 0.377. The summed E-state index contributed by atoms with van der Waals surface area (Å²) in [7, 11) is 0. The highest BCUT2D eigenvalue weighted by Crippen LogP contribution is 2.32. The van der Waals surface area contributed by atoms with Gasteiger partial charge in [0.15, 0.2) is 5.78 Å². The Labute approximate surface area is 138 Å². The van der Waals surface area contributed by atoms with Crippen LogP contribution in [0.25, 0.3) is 0 Å². The first-order valence-corrected chi connectivity index (χ1v) is 8.31. The average molecular weight is 314 g/mol. The molecule has 0 N–H and O–H groups in total. The first-order chi connectivity index (χ1) is 10.9. The van der Waals surface area contributed by atoms with Gasteiger partial charge in [-0.3, -0.25) is 4.79 Å². The van der Waals surface area contributed by atoms with E-state index in [0.29, 0.717) is 18.4 Å². The third-order valence-electron chi connectivity index (χ3n) is 4.69. The second kappa shape index (κ2) is 7.58. The van der Waals surface area contributed by atoms with Gasteiger partial charge in [0.1, 0.15) is 6.10 Å². The maximum atomic E-state index is 12.2. The monoisotopic (exact) mass is 314 g/mol. The molecule has 0 aromatic carbocycles. The molecule has 0 radical (unpaired) electrons. The van der Waals surface area contributed by atoms with Gasteiger partial charge in [-0.15, -0.1) is 0 Å². The number of rotatable bonds is 0. The highest BCUT2D eigenvalue weighted by molar-refractivity contribution is 5.95. The molecule has 0 saturated carbocycles. The summed E-state index contributed by atoms with van der Waals surface area (Å²) in [4.78, 5) is 24.0. The van der Waals surface area contributed by atoms with Crippen LogP contribution in [0.1, 0.15) is 52.9 Å². The van der Waals surface area contributed by atoms with Gasteiger partial charge in [0, 0.05) is 17.9 Å². The molecule has 2 aliphatic rings. The maximum Gasteiger partial charge on any atom is 0.334 e. The Balaban J connectivity index is 2.28. The minimum atomic E-state index is -0.318. The van der Waals surface area contributed by atoms with Crippen molar-refractivity contribution in [1.29, 1.82) is 0 Å². The molecule has 1 saturated heterocycles. The molecule has 0 amide bonds. The van der Waals surface area contributed by atoms with Gasteiger partial charge in [-0.1, -0.05) is 29.9 Å². The van der Waals surface area contributed by atoms with Gasteiger partial charge in [0.05, 0.1) is 0 Å². The Hall–Kier alpha value is -1.90. The Kier molecular flexibility index (Phi) is 5.75. The lowest BCUT2D eigenvalue weighted by Crippen LogP contribution is -2.14. The van der Waals surface area contributed by atoms with E-state index >= 15 is 0 Å². The van der Waals surface area contributed by atoms with E-state index in [9.17, 15) is 9.59 Å². The largest absolute Gasteiger partial charge is 0.454 e. The fourth-order valence-electron chi connectivity index (χ4n) is 3.00. The fraction of sp³-hybridized carbons (Fsp3) is 0.500. The van der Waals surface area contributed by atoms with Gasteiger partial charge >= 0.3 is 5.97 Å². The Bertz CT molecular complexity index is 604. The van der Waals surface area contributed by atoms with Crippen molar-refractivity contribution in [2.24, 2.45) is 5.92 Å². The number of fused-ring (bicyclic) bond motifs is 1. The highest BCUT2D eigenvalue weighted by atomic mass is 16.5. The summed E-state index contributed by atoms with van der Waals surface area (Å²) in [6.45, 7) is 9.88. The number of esters is 1. The first-order valence-electron chi connectivity index (χ1n) is 8.31. The smallest absolute Gasteiger partial charge is 0.334 e. The van der Waals surface area contributed by atoms with E-state index in [1.165, 1.54) is 11.1 Å². The minimum absolute atomic E-state index is 0.0691. The molecule has 3 heteroatoms. The van der Waals surface area contributed by atoms with E-state index in [2.05, 4.69) is 26.5 Å². The normalized spacial score (nSPS) is 34.2. The third kappa shape index (κ3) is 4.54. The molecule has 1 heterocycles. The molecule has 3 nitrogen and oxygen atoms in total. The molecule has 0 unspecified atom stereocenters. The van der Waals surface area contributed by atoms with E-state index in [0.717, 1.165) is 24.8 Å². The minimum Gasteiger partial charge on any atom is -0.454 e. The van der Waals surface area contributed by atoms with E-state index in [1.54, 1.807) is 0 Å². The van der Waals surface area contributed by atoms with Crippen molar-refractivity contribution in [3.05, 3.63) is 47.1 Å². The first kappa shape index (κ1) is 17.5. The average Bonchev–Trinajstić information content (AvgIpc) is 2.76. The summed E-state index contributed by atoms with van der Waals surface area (Å²) in [6.07, 6.45) is 9.77. The van der Waals surface area contributed by atoms with Crippen molar-refractivity contribution in [1.82, 2.24) is 0 Å². The highest BCUT2D eigenvalue weighted by Gasteiger charge is 2.36. The Morgan fingerprint density at radius 1 is 1.04 bits per heavy atom. The number of ketones is 1. The van der Waals surface area contributed by atoms with Crippen molar-refractivity contribution in [3.63, 3.8) is 0 Å². The molecule has 1 aliphatic heterocycles. The number of hydrogen-bond donors (Lipinski definition) is 0. The predicted molar refractivity (Wildman–Crippen MR) is 91.9 cm³/mol. The molecule has 2 rings (SSSR count). The molecule has 1 aliphatic carbocycles. The molecular formula is C20H26O3. The van der Waals surface area contributed by atoms with Crippen molar-refractivity contribution in [3.8, 4) is 0 Å². The van der Waals surface area contributed by atoms with Gasteiger partial charge in [-0.25, -0.2) is 4.79 Å². The molecule has 124 valence electrons. The SMILES string of the molecule is C=C1C(=O)O[C@H]2/C=C(\C)CC/C=C(\C)CCC(=O)/C(C)=C\C[C@@H]12. The van der Waals surface area contributed by atoms with Crippen LogP contribution in [0.3, 0.4) is 0 Å². The Morgan fingerprint density at radius 2 is 1.78 bits per heavy atom. The summed E-state index contributed by atoms with van der Waals surface area (Å²) in [5.74, 6) is -0.212. The molecule has 0 aromatic rings. The molecule has 0 spiro atoms. The van der Waals surface area contributed by atoms with E-state index < -0.39 is 0 Å². The van der Waals surface area contributed by atoms with Gasteiger partial charge < -0.3 is 4.74 Å². The van der Waals surface area contributed by atoms with Crippen LogP contribution in [0, 0.1) is 5.92 Å². The summed E-state index contributed by atoms with van der Waals surface area (Å²) < 4.78 is 5.45. The van der Waals surface area contributed by atoms with Crippen molar-refractivity contribution in [2.45, 2.75) is 59.0 Å². The number of carbonyl (C=O) groups excluding carboxylic acids is 2. The zero-order valence-electron chi connectivity index (χ0n) is 14.4. The van der Waals surface area contributed by atoms with E-state index in [1.807, 2.05) is 19.1 Å². The lowest BCUT2D eigenvalue weighted by Gasteiger charge is -2.15. The van der Waals surface area contributed by atoms with Crippen LogP contribution in [0.2, 0.25) is 0 Å². The zero-order valence-corrected chi connectivity index (χ0v) is 14.4. The fourth-order valence-corrected chi connectivity index (χ4v) is 3.00. The summed E-state index contributed by atoms with van der Waals surface area (Å²) in [5, 5.41) is 0. The number of allylic oxidation sites excluding steroid dienone is 5. The number of carbonyl (C=O) groups is 2.